The highest BCUT2D eigenvalue weighted by molar-refractivity contribution is 6.30. The molecule has 0 heterocycles. The van der Waals surface area contributed by atoms with Gasteiger partial charge in [0.2, 0.25) is 0 Å². The summed E-state index contributed by atoms with van der Waals surface area (Å²) in [5.41, 5.74) is 1.08. The first-order chi connectivity index (χ1) is 8.88. The first-order valence-electron chi connectivity index (χ1n) is 6.02. The summed E-state index contributed by atoms with van der Waals surface area (Å²) >= 11 is 5.79. The van der Waals surface area contributed by atoms with Gasteiger partial charge in [-0.1, -0.05) is 23.7 Å². The van der Waals surface area contributed by atoms with Gasteiger partial charge in [-0.15, -0.1) is 0 Å². The summed E-state index contributed by atoms with van der Waals surface area (Å²) in [4.78, 5) is 0. The lowest BCUT2D eigenvalue weighted by Gasteiger charge is -2.14. The number of halogens is 4. The number of rotatable bonds is 7. The maximum absolute atomic E-state index is 11.8. The Balaban J connectivity index is 2.14. The Labute approximate surface area is 115 Å². The van der Waals surface area contributed by atoms with Crippen LogP contribution in [0.1, 0.15) is 24.9 Å². The number of alkyl halides is 3. The summed E-state index contributed by atoms with van der Waals surface area (Å²) in [5.74, 6) is 0. The van der Waals surface area contributed by atoms with Crippen LogP contribution in [0, 0.1) is 0 Å². The van der Waals surface area contributed by atoms with E-state index in [1.54, 1.807) is 0 Å². The average molecular weight is 296 g/mol. The van der Waals surface area contributed by atoms with Crippen LogP contribution >= 0.6 is 11.6 Å². The van der Waals surface area contributed by atoms with E-state index in [9.17, 15) is 13.2 Å². The van der Waals surface area contributed by atoms with Crippen LogP contribution in [0.25, 0.3) is 0 Å². The monoisotopic (exact) mass is 295 g/mol. The minimum Gasteiger partial charge on any atom is -0.372 e. The highest BCUT2D eigenvalue weighted by atomic mass is 35.5. The van der Waals surface area contributed by atoms with Crippen LogP contribution < -0.4 is 5.32 Å². The Bertz CT molecular complexity index is 367. The molecule has 2 nitrogen and oxygen atoms in total. The second kappa shape index (κ2) is 7.72. The molecule has 0 aliphatic carbocycles. The number of ether oxygens (including phenoxy) is 1. The van der Waals surface area contributed by atoms with Crippen molar-refractivity contribution in [2.75, 3.05) is 19.8 Å². The number of benzene rings is 1. The van der Waals surface area contributed by atoms with E-state index in [0.717, 1.165) is 5.56 Å². The number of hydrogen-bond acceptors (Lipinski definition) is 2. The summed E-state index contributed by atoms with van der Waals surface area (Å²) in [5, 5.41) is 3.89. The fraction of sp³-hybridized carbons (Fsp3) is 0.538. The summed E-state index contributed by atoms with van der Waals surface area (Å²) in [6.45, 7) is 1.50. The summed E-state index contributed by atoms with van der Waals surface area (Å²) in [6.07, 6.45) is -3.71. The molecule has 0 amide bonds. The van der Waals surface area contributed by atoms with Gasteiger partial charge < -0.3 is 10.1 Å². The third kappa shape index (κ3) is 7.40. The summed E-state index contributed by atoms with van der Waals surface area (Å²) in [6, 6.07) is 7.57. The zero-order valence-corrected chi connectivity index (χ0v) is 11.4. The molecule has 1 rings (SSSR count). The Morgan fingerprint density at radius 3 is 2.47 bits per heavy atom. The topological polar surface area (TPSA) is 21.3 Å². The fourth-order valence-electron chi connectivity index (χ4n) is 1.55. The third-order valence-corrected chi connectivity index (χ3v) is 2.80. The lowest BCUT2D eigenvalue weighted by atomic mass is 10.1. The lowest BCUT2D eigenvalue weighted by molar-refractivity contribution is -0.173. The van der Waals surface area contributed by atoms with Crippen LogP contribution in [-0.2, 0) is 4.74 Å². The molecule has 1 aromatic carbocycles. The Morgan fingerprint density at radius 1 is 1.26 bits per heavy atom. The maximum Gasteiger partial charge on any atom is 0.411 e. The van der Waals surface area contributed by atoms with Crippen LogP contribution in [0.15, 0.2) is 24.3 Å². The van der Waals surface area contributed by atoms with E-state index < -0.39 is 12.8 Å². The molecule has 0 bridgehead atoms. The second-order valence-corrected chi connectivity index (χ2v) is 4.69. The van der Waals surface area contributed by atoms with Crippen LogP contribution in [0.5, 0.6) is 0 Å². The van der Waals surface area contributed by atoms with E-state index >= 15 is 0 Å². The summed E-state index contributed by atoms with van der Waals surface area (Å²) < 4.78 is 39.9. The van der Waals surface area contributed by atoms with Crippen molar-refractivity contribution in [2.45, 2.75) is 25.6 Å². The van der Waals surface area contributed by atoms with Crippen LogP contribution in [0.2, 0.25) is 5.02 Å². The van der Waals surface area contributed by atoms with E-state index in [2.05, 4.69) is 10.1 Å². The Kier molecular flexibility index (Phi) is 6.62. The molecule has 1 aromatic rings. The first-order valence-corrected chi connectivity index (χ1v) is 6.39. The van der Waals surface area contributed by atoms with E-state index in [-0.39, 0.29) is 12.6 Å². The number of nitrogens with one attached hydrogen (secondary N) is 1. The molecule has 0 radical (unpaired) electrons. The first kappa shape index (κ1) is 16.3. The SMILES string of the molecule is CC(NCCCOCC(F)(F)F)c1ccc(Cl)cc1. The minimum atomic E-state index is -4.25. The van der Waals surface area contributed by atoms with Gasteiger partial charge in [0.15, 0.2) is 0 Å². The molecule has 0 aliphatic heterocycles. The van der Waals surface area contributed by atoms with Gasteiger partial charge in [0.1, 0.15) is 6.61 Å². The van der Waals surface area contributed by atoms with E-state index in [4.69, 9.17) is 11.6 Å². The van der Waals surface area contributed by atoms with Gasteiger partial charge in [-0.3, -0.25) is 0 Å². The van der Waals surface area contributed by atoms with Crippen molar-refractivity contribution in [1.82, 2.24) is 5.32 Å². The van der Waals surface area contributed by atoms with Crippen molar-refractivity contribution in [3.8, 4) is 0 Å². The van der Waals surface area contributed by atoms with Crippen molar-refractivity contribution in [1.29, 1.82) is 0 Å². The van der Waals surface area contributed by atoms with Crippen LogP contribution in [0.3, 0.4) is 0 Å². The van der Waals surface area contributed by atoms with Gasteiger partial charge in [-0.25, -0.2) is 0 Å². The predicted molar refractivity (Wildman–Crippen MR) is 69.4 cm³/mol. The molecule has 0 aliphatic rings. The molecular formula is C13H17ClF3NO. The van der Waals surface area contributed by atoms with Gasteiger partial charge in [0.25, 0.3) is 0 Å². The highest BCUT2D eigenvalue weighted by Crippen LogP contribution is 2.16. The van der Waals surface area contributed by atoms with Gasteiger partial charge in [-0.2, -0.15) is 13.2 Å². The van der Waals surface area contributed by atoms with Gasteiger partial charge in [-0.05, 0) is 37.6 Å². The van der Waals surface area contributed by atoms with E-state index in [1.807, 2.05) is 31.2 Å². The van der Waals surface area contributed by atoms with E-state index in [0.29, 0.717) is 18.0 Å². The number of hydrogen-bond donors (Lipinski definition) is 1. The lowest BCUT2D eigenvalue weighted by Crippen LogP contribution is -2.22. The average Bonchev–Trinajstić information content (AvgIpc) is 2.33. The van der Waals surface area contributed by atoms with E-state index in [1.165, 1.54) is 0 Å². The van der Waals surface area contributed by atoms with Crippen molar-refractivity contribution in [3.05, 3.63) is 34.9 Å². The molecule has 0 saturated heterocycles. The van der Waals surface area contributed by atoms with Crippen molar-refractivity contribution in [3.63, 3.8) is 0 Å². The quantitative estimate of drug-likeness (QED) is 0.769. The molecule has 0 aromatic heterocycles. The Morgan fingerprint density at radius 2 is 1.89 bits per heavy atom. The fourth-order valence-corrected chi connectivity index (χ4v) is 1.68. The molecule has 1 N–H and O–H groups in total. The molecule has 1 atom stereocenters. The van der Waals surface area contributed by atoms with Crippen molar-refractivity contribution < 1.29 is 17.9 Å². The predicted octanol–water partition coefficient (Wildman–Crippen LogP) is 3.96. The molecule has 0 spiro atoms. The zero-order valence-electron chi connectivity index (χ0n) is 10.6. The minimum absolute atomic E-state index is 0.0971. The van der Waals surface area contributed by atoms with Gasteiger partial charge in [0, 0.05) is 17.7 Å². The molecule has 1 unspecified atom stereocenters. The smallest absolute Gasteiger partial charge is 0.372 e. The molecule has 108 valence electrons. The second-order valence-electron chi connectivity index (χ2n) is 4.25. The van der Waals surface area contributed by atoms with Crippen LogP contribution in [0.4, 0.5) is 13.2 Å². The normalized spacial score (nSPS) is 13.5. The molecule has 0 fully saturated rings. The van der Waals surface area contributed by atoms with Gasteiger partial charge in [0.05, 0.1) is 0 Å². The van der Waals surface area contributed by atoms with Crippen LogP contribution in [-0.4, -0.2) is 25.9 Å². The summed E-state index contributed by atoms with van der Waals surface area (Å²) in [7, 11) is 0. The van der Waals surface area contributed by atoms with Gasteiger partial charge >= 0.3 is 6.18 Å². The highest BCUT2D eigenvalue weighted by Gasteiger charge is 2.27. The standard InChI is InChI=1S/C13H17ClF3NO/c1-10(11-3-5-12(14)6-4-11)18-7-2-8-19-9-13(15,16)17/h3-6,10,18H,2,7-9H2,1H3. The largest absolute Gasteiger partial charge is 0.411 e. The molecule has 6 heteroatoms. The molecular weight excluding hydrogens is 279 g/mol. The molecule has 19 heavy (non-hydrogen) atoms. The Hall–Kier alpha value is -0.780. The third-order valence-electron chi connectivity index (χ3n) is 2.55. The maximum atomic E-state index is 11.8. The van der Waals surface area contributed by atoms with Crippen molar-refractivity contribution >= 4 is 11.6 Å². The zero-order chi connectivity index (χ0) is 14.3. The molecule has 0 saturated carbocycles. The van der Waals surface area contributed by atoms with Crippen molar-refractivity contribution in [2.24, 2.45) is 0 Å².